The Bertz CT molecular complexity index is 439. The van der Waals surface area contributed by atoms with Gasteiger partial charge in [0.05, 0.1) is 0 Å². The fourth-order valence-corrected chi connectivity index (χ4v) is 2.40. The van der Waals surface area contributed by atoms with Crippen molar-refractivity contribution in [3.05, 3.63) is 34.6 Å². The highest BCUT2D eigenvalue weighted by Crippen LogP contribution is 2.24. The second-order valence-electron chi connectivity index (χ2n) is 4.23. The number of carbonyl (C=O) groups is 1. The van der Waals surface area contributed by atoms with Gasteiger partial charge in [0, 0.05) is 30.4 Å². The van der Waals surface area contributed by atoms with Crippen molar-refractivity contribution < 1.29 is 9.18 Å². The first-order valence-electron chi connectivity index (χ1n) is 5.38. The molecule has 1 fully saturated rings. The Kier molecular flexibility index (Phi) is 3.89. The van der Waals surface area contributed by atoms with Gasteiger partial charge in [-0.05, 0) is 23.6 Å². The van der Waals surface area contributed by atoms with E-state index < -0.39 is 0 Å². The van der Waals surface area contributed by atoms with Gasteiger partial charge in [-0.2, -0.15) is 0 Å². The number of nitrogens with zero attached hydrogens (tertiary/aromatic N) is 1. The quantitative estimate of drug-likeness (QED) is 0.777. The maximum absolute atomic E-state index is 12.9. The van der Waals surface area contributed by atoms with Crippen LogP contribution in [0.2, 0.25) is 5.02 Å². The molecule has 5 heteroatoms. The smallest absolute Gasteiger partial charge is 0.223 e. The lowest BCUT2D eigenvalue weighted by molar-refractivity contribution is -0.128. The molecule has 1 atom stereocenters. The van der Waals surface area contributed by atoms with E-state index in [1.807, 2.05) is 0 Å². The fourth-order valence-electron chi connectivity index (χ4n) is 1.97. The van der Waals surface area contributed by atoms with Crippen LogP contribution in [0.4, 0.5) is 4.39 Å². The van der Waals surface area contributed by atoms with E-state index in [-0.39, 0.29) is 17.6 Å². The SMILES string of the molecule is O=C1CC(CCl)CN1Cc1ccc(F)cc1Cl. The molecule has 1 aliphatic rings. The van der Waals surface area contributed by atoms with Crippen LogP contribution in [0.25, 0.3) is 0 Å². The topological polar surface area (TPSA) is 20.3 Å². The number of carbonyl (C=O) groups excluding carboxylic acids is 1. The molecule has 2 nitrogen and oxygen atoms in total. The van der Waals surface area contributed by atoms with Crippen LogP contribution in [-0.4, -0.2) is 23.2 Å². The van der Waals surface area contributed by atoms with Crippen LogP contribution in [-0.2, 0) is 11.3 Å². The Morgan fingerprint density at radius 3 is 2.82 bits per heavy atom. The monoisotopic (exact) mass is 275 g/mol. The zero-order chi connectivity index (χ0) is 12.4. The van der Waals surface area contributed by atoms with Gasteiger partial charge in [0.2, 0.25) is 5.91 Å². The third-order valence-electron chi connectivity index (χ3n) is 2.89. The van der Waals surface area contributed by atoms with E-state index in [2.05, 4.69) is 0 Å². The predicted octanol–water partition coefficient (Wildman–Crippen LogP) is 3.07. The highest BCUT2D eigenvalue weighted by atomic mass is 35.5. The van der Waals surface area contributed by atoms with E-state index in [0.29, 0.717) is 30.4 Å². The van der Waals surface area contributed by atoms with Crippen molar-refractivity contribution in [2.24, 2.45) is 5.92 Å². The molecule has 2 rings (SSSR count). The summed E-state index contributed by atoms with van der Waals surface area (Å²) in [5, 5.41) is 0.354. The van der Waals surface area contributed by atoms with Crippen LogP contribution in [0, 0.1) is 11.7 Å². The van der Waals surface area contributed by atoms with Crippen LogP contribution in [0.1, 0.15) is 12.0 Å². The molecule has 1 aliphatic heterocycles. The zero-order valence-corrected chi connectivity index (χ0v) is 10.6. The third kappa shape index (κ3) is 2.90. The molecular weight excluding hydrogens is 264 g/mol. The first kappa shape index (κ1) is 12.7. The number of benzene rings is 1. The maximum Gasteiger partial charge on any atom is 0.223 e. The molecule has 92 valence electrons. The molecule has 1 heterocycles. The second-order valence-corrected chi connectivity index (χ2v) is 4.95. The molecule has 0 spiro atoms. The molecule has 0 N–H and O–H groups in total. The number of amides is 1. The molecule has 17 heavy (non-hydrogen) atoms. The van der Waals surface area contributed by atoms with Crippen LogP contribution >= 0.6 is 23.2 Å². The number of hydrogen-bond donors (Lipinski definition) is 0. The lowest BCUT2D eigenvalue weighted by Crippen LogP contribution is -2.24. The van der Waals surface area contributed by atoms with Gasteiger partial charge in [-0.1, -0.05) is 17.7 Å². The summed E-state index contributed by atoms with van der Waals surface area (Å²) in [5.74, 6) is 0.406. The van der Waals surface area contributed by atoms with Gasteiger partial charge in [-0.15, -0.1) is 11.6 Å². The standard InChI is InChI=1S/C12H12Cl2FNO/c13-5-8-3-12(17)16(6-8)7-9-1-2-10(15)4-11(9)14/h1-2,4,8H,3,5-7H2. The molecule has 1 aromatic carbocycles. The van der Waals surface area contributed by atoms with Crippen molar-refractivity contribution in [3.8, 4) is 0 Å². The van der Waals surface area contributed by atoms with Crippen LogP contribution in [0.15, 0.2) is 18.2 Å². The minimum atomic E-state index is -0.370. The lowest BCUT2D eigenvalue weighted by Gasteiger charge is -2.17. The third-order valence-corrected chi connectivity index (χ3v) is 3.68. The summed E-state index contributed by atoms with van der Waals surface area (Å²) < 4.78 is 12.9. The largest absolute Gasteiger partial charge is 0.338 e. The Hall–Kier alpha value is -0.800. The first-order chi connectivity index (χ1) is 8.10. The summed E-state index contributed by atoms with van der Waals surface area (Å²) >= 11 is 11.7. The minimum Gasteiger partial charge on any atom is -0.338 e. The molecule has 1 saturated heterocycles. The van der Waals surface area contributed by atoms with E-state index in [0.717, 1.165) is 5.56 Å². The normalized spacial score (nSPS) is 20.1. The van der Waals surface area contributed by atoms with Gasteiger partial charge >= 0.3 is 0 Å². The Labute approximate surface area is 109 Å². The van der Waals surface area contributed by atoms with E-state index in [1.54, 1.807) is 11.0 Å². The Morgan fingerprint density at radius 2 is 2.24 bits per heavy atom. The average molecular weight is 276 g/mol. The van der Waals surface area contributed by atoms with E-state index in [4.69, 9.17) is 23.2 Å². The zero-order valence-electron chi connectivity index (χ0n) is 9.13. The summed E-state index contributed by atoms with van der Waals surface area (Å²) in [6.45, 7) is 1.07. The van der Waals surface area contributed by atoms with Crippen LogP contribution in [0.3, 0.4) is 0 Å². The van der Waals surface area contributed by atoms with Crippen molar-refractivity contribution in [3.63, 3.8) is 0 Å². The van der Waals surface area contributed by atoms with Gasteiger partial charge in [-0.25, -0.2) is 4.39 Å². The number of likely N-dealkylation sites (tertiary alicyclic amines) is 1. The summed E-state index contributed by atoms with van der Waals surface area (Å²) in [7, 11) is 0. The minimum absolute atomic E-state index is 0.0797. The number of halogens is 3. The molecule has 1 amide bonds. The van der Waals surface area contributed by atoms with Crippen molar-refractivity contribution in [1.29, 1.82) is 0 Å². The van der Waals surface area contributed by atoms with E-state index in [9.17, 15) is 9.18 Å². The fraction of sp³-hybridized carbons (Fsp3) is 0.417. The Morgan fingerprint density at radius 1 is 1.47 bits per heavy atom. The number of rotatable bonds is 3. The molecule has 1 aromatic rings. The molecule has 1 unspecified atom stereocenters. The van der Waals surface area contributed by atoms with Gasteiger partial charge in [-0.3, -0.25) is 4.79 Å². The van der Waals surface area contributed by atoms with Gasteiger partial charge < -0.3 is 4.90 Å². The summed E-state index contributed by atoms with van der Waals surface area (Å²) in [6, 6.07) is 4.22. The van der Waals surface area contributed by atoms with E-state index in [1.165, 1.54) is 12.1 Å². The Balaban J connectivity index is 2.08. The predicted molar refractivity (Wildman–Crippen MR) is 65.7 cm³/mol. The summed E-state index contributed by atoms with van der Waals surface area (Å²) in [5.41, 5.74) is 0.761. The highest BCUT2D eigenvalue weighted by Gasteiger charge is 2.29. The van der Waals surface area contributed by atoms with Crippen molar-refractivity contribution >= 4 is 29.1 Å². The molecule has 0 radical (unpaired) electrons. The van der Waals surface area contributed by atoms with Crippen molar-refractivity contribution in [2.75, 3.05) is 12.4 Å². The molecule has 0 bridgehead atoms. The van der Waals surface area contributed by atoms with Gasteiger partial charge in [0.25, 0.3) is 0 Å². The lowest BCUT2D eigenvalue weighted by atomic mass is 10.1. The second kappa shape index (κ2) is 5.23. The van der Waals surface area contributed by atoms with Crippen molar-refractivity contribution in [2.45, 2.75) is 13.0 Å². The number of hydrogen-bond acceptors (Lipinski definition) is 1. The van der Waals surface area contributed by atoms with Gasteiger partial charge in [0.15, 0.2) is 0 Å². The molecule has 0 aliphatic carbocycles. The summed E-state index contributed by atoms with van der Waals surface area (Å²) in [4.78, 5) is 13.4. The average Bonchev–Trinajstić information content (AvgIpc) is 2.64. The van der Waals surface area contributed by atoms with Crippen LogP contribution in [0.5, 0.6) is 0 Å². The van der Waals surface area contributed by atoms with E-state index >= 15 is 0 Å². The maximum atomic E-state index is 12.9. The molecule has 0 aromatic heterocycles. The van der Waals surface area contributed by atoms with Gasteiger partial charge in [0.1, 0.15) is 5.82 Å². The summed E-state index contributed by atoms with van der Waals surface area (Å²) in [6.07, 6.45) is 0.488. The first-order valence-corrected chi connectivity index (χ1v) is 6.29. The highest BCUT2D eigenvalue weighted by molar-refractivity contribution is 6.31. The molecule has 0 saturated carbocycles. The van der Waals surface area contributed by atoms with Crippen LogP contribution < -0.4 is 0 Å². The van der Waals surface area contributed by atoms with Crippen molar-refractivity contribution in [1.82, 2.24) is 4.90 Å². The number of alkyl halides is 1. The molecular formula is C12H12Cl2FNO.